The second kappa shape index (κ2) is 4.38. The second-order valence-corrected chi connectivity index (χ2v) is 4.33. The molecule has 0 spiro atoms. The number of fused-ring (bicyclic) bond motifs is 1. The second-order valence-electron chi connectivity index (χ2n) is 3.89. The number of rotatable bonds is 1. The molecule has 18 heavy (non-hydrogen) atoms. The van der Waals surface area contributed by atoms with Crippen LogP contribution < -0.4 is 9.64 Å². The Kier molecular flexibility index (Phi) is 2.72. The Balaban J connectivity index is 2.01. The number of nitrogens with zero attached hydrogens (tertiary/aromatic N) is 1. The summed E-state index contributed by atoms with van der Waals surface area (Å²) in [5, 5.41) is 0.566. The van der Waals surface area contributed by atoms with Crippen LogP contribution in [0.3, 0.4) is 0 Å². The molecule has 92 valence electrons. The highest BCUT2D eigenvalue weighted by Crippen LogP contribution is 2.34. The molecule has 2 heterocycles. The topological polar surface area (TPSA) is 42.7 Å². The number of ether oxygens (including phenoxy) is 1. The van der Waals surface area contributed by atoms with Crippen molar-refractivity contribution in [3.8, 4) is 5.75 Å². The van der Waals surface area contributed by atoms with Crippen molar-refractivity contribution < 1.29 is 13.9 Å². The Labute approximate surface area is 109 Å². The lowest BCUT2D eigenvalue weighted by molar-refractivity contribution is 0.0950. The molecule has 0 radical (unpaired) electrons. The third-order valence-electron chi connectivity index (χ3n) is 2.76. The zero-order valence-corrected chi connectivity index (χ0v) is 10.2. The highest BCUT2D eigenvalue weighted by molar-refractivity contribution is 6.31. The summed E-state index contributed by atoms with van der Waals surface area (Å²) in [6, 6.07) is 8.55. The van der Waals surface area contributed by atoms with Gasteiger partial charge in [0, 0.05) is 5.02 Å². The summed E-state index contributed by atoms with van der Waals surface area (Å²) in [6.45, 7) is 0.938. The SMILES string of the molecule is O=C(c1ccco1)N1CCOc2ccc(Cl)cc21. The Bertz CT molecular complexity index is 580. The van der Waals surface area contributed by atoms with Gasteiger partial charge in [-0.15, -0.1) is 0 Å². The fraction of sp³-hybridized carbons (Fsp3) is 0.154. The van der Waals surface area contributed by atoms with E-state index in [2.05, 4.69) is 0 Å². The molecule has 3 rings (SSSR count). The van der Waals surface area contributed by atoms with Gasteiger partial charge in [0.2, 0.25) is 0 Å². The van der Waals surface area contributed by atoms with Crippen LogP contribution in [0.1, 0.15) is 10.6 Å². The molecule has 1 aromatic heterocycles. The number of amides is 1. The van der Waals surface area contributed by atoms with Crippen LogP contribution in [0, 0.1) is 0 Å². The minimum Gasteiger partial charge on any atom is -0.490 e. The summed E-state index contributed by atoms with van der Waals surface area (Å²) in [5.74, 6) is 0.778. The van der Waals surface area contributed by atoms with E-state index >= 15 is 0 Å². The molecule has 1 aliphatic rings. The first-order valence-electron chi connectivity index (χ1n) is 5.53. The van der Waals surface area contributed by atoms with Gasteiger partial charge >= 0.3 is 0 Å². The van der Waals surface area contributed by atoms with Crippen LogP contribution in [-0.4, -0.2) is 19.1 Å². The van der Waals surface area contributed by atoms with E-state index in [1.807, 2.05) is 0 Å². The third kappa shape index (κ3) is 1.84. The van der Waals surface area contributed by atoms with E-state index in [9.17, 15) is 4.79 Å². The van der Waals surface area contributed by atoms with E-state index in [-0.39, 0.29) is 5.91 Å². The fourth-order valence-electron chi connectivity index (χ4n) is 1.94. The number of halogens is 1. The van der Waals surface area contributed by atoms with Gasteiger partial charge in [0.05, 0.1) is 18.5 Å². The van der Waals surface area contributed by atoms with E-state index in [1.54, 1.807) is 35.2 Å². The Morgan fingerprint density at radius 1 is 1.33 bits per heavy atom. The van der Waals surface area contributed by atoms with Crippen LogP contribution in [0.5, 0.6) is 5.75 Å². The van der Waals surface area contributed by atoms with E-state index in [0.717, 1.165) is 0 Å². The van der Waals surface area contributed by atoms with Crippen molar-refractivity contribution in [3.05, 3.63) is 47.4 Å². The lowest BCUT2D eigenvalue weighted by Crippen LogP contribution is -2.37. The lowest BCUT2D eigenvalue weighted by Gasteiger charge is -2.28. The van der Waals surface area contributed by atoms with Gasteiger partial charge < -0.3 is 9.15 Å². The molecule has 0 unspecified atom stereocenters. The molecule has 0 saturated carbocycles. The molecule has 5 heteroatoms. The summed E-state index contributed by atoms with van der Waals surface area (Å²) in [7, 11) is 0. The lowest BCUT2D eigenvalue weighted by atomic mass is 10.2. The summed E-state index contributed by atoms with van der Waals surface area (Å²) in [6.07, 6.45) is 1.48. The molecule has 1 aliphatic heterocycles. The highest BCUT2D eigenvalue weighted by atomic mass is 35.5. The molecule has 1 amide bonds. The van der Waals surface area contributed by atoms with E-state index in [4.69, 9.17) is 20.8 Å². The number of anilines is 1. The van der Waals surface area contributed by atoms with E-state index in [1.165, 1.54) is 6.26 Å². The molecule has 0 aliphatic carbocycles. The fourth-order valence-corrected chi connectivity index (χ4v) is 2.10. The maximum atomic E-state index is 12.3. The van der Waals surface area contributed by atoms with Crippen LogP contribution in [-0.2, 0) is 0 Å². The van der Waals surface area contributed by atoms with Crippen molar-refractivity contribution in [2.75, 3.05) is 18.1 Å². The summed E-state index contributed by atoms with van der Waals surface area (Å²) in [5.41, 5.74) is 0.676. The third-order valence-corrected chi connectivity index (χ3v) is 3.00. The number of carbonyl (C=O) groups is 1. The van der Waals surface area contributed by atoms with Crippen molar-refractivity contribution in [3.63, 3.8) is 0 Å². The molecule has 0 bridgehead atoms. The van der Waals surface area contributed by atoms with Gasteiger partial charge in [-0.25, -0.2) is 0 Å². The van der Waals surface area contributed by atoms with Crippen LogP contribution in [0.15, 0.2) is 41.0 Å². The molecule has 4 nitrogen and oxygen atoms in total. The molecular weight excluding hydrogens is 254 g/mol. The quantitative estimate of drug-likeness (QED) is 0.794. The van der Waals surface area contributed by atoms with Crippen molar-refractivity contribution in [2.45, 2.75) is 0 Å². The van der Waals surface area contributed by atoms with Crippen molar-refractivity contribution >= 4 is 23.2 Å². The molecular formula is C13H10ClNO3. The molecule has 0 saturated heterocycles. The summed E-state index contributed by atoms with van der Waals surface area (Å²) < 4.78 is 10.6. The smallest absolute Gasteiger partial charge is 0.294 e. The van der Waals surface area contributed by atoms with Gasteiger partial charge in [-0.05, 0) is 30.3 Å². The number of carbonyl (C=O) groups excluding carboxylic acids is 1. The number of hydrogen-bond acceptors (Lipinski definition) is 3. The van der Waals surface area contributed by atoms with Gasteiger partial charge in [-0.1, -0.05) is 11.6 Å². The van der Waals surface area contributed by atoms with Crippen LogP contribution >= 0.6 is 11.6 Å². The first-order chi connectivity index (χ1) is 8.75. The molecule has 0 fully saturated rings. The van der Waals surface area contributed by atoms with Crippen molar-refractivity contribution in [2.24, 2.45) is 0 Å². The van der Waals surface area contributed by atoms with Crippen molar-refractivity contribution in [1.82, 2.24) is 0 Å². The van der Waals surface area contributed by atoms with Gasteiger partial charge in [0.15, 0.2) is 5.76 Å². The normalized spacial score (nSPS) is 13.9. The zero-order chi connectivity index (χ0) is 12.5. The minimum absolute atomic E-state index is 0.188. The zero-order valence-electron chi connectivity index (χ0n) is 9.43. The van der Waals surface area contributed by atoms with E-state index < -0.39 is 0 Å². The Morgan fingerprint density at radius 2 is 2.22 bits per heavy atom. The van der Waals surface area contributed by atoms with Gasteiger partial charge in [0.25, 0.3) is 5.91 Å². The van der Waals surface area contributed by atoms with Crippen molar-refractivity contribution in [1.29, 1.82) is 0 Å². The Hall–Kier alpha value is -1.94. The average Bonchev–Trinajstić information content (AvgIpc) is 2.91. The van der Waals surface area contributed by atoms with E-state index in [0.29, 0.717) is 35.4 Å². The van der Waals surface area contributed by atoms with Crippen LogP contribution in [0.4, 0.5) is 5.69 Å². The standard InChI is InChI=1S/C13H10ClNO3/c14-9-3-4-11-10(8-9)15(5-7-18-11)13(16)12-2-1-6-17-12/h1-4,6,8H,5,7H2. The highest BCUT2D eigenvalue weighted by Gasteiger charge is 2.26. The number of furan rings is 1. The maximum Gasteiger partial charge on any atom is 0.294 e. The number of benzene rings is 1. The molecule has 1 aromatic carbocycles. The van der Waals surface area contributed by atoms with Crippen LogP contribution in [0.2, 0.25) is 5.02 Å². The van der Waals surface area contributed by atoms with Gasteiger partial charge in [0.1, 0.15) is 12.4 Å². The summed E-state index contributed by atoms with van der Waals surface area (Å²) >= 11 is 5.95. The molecule has 0 N–H and O–H groups in total. The minimum atomic E-state index is -0.188. The monoisotopic (exact) mass is 263 g/mol. The predicted molar refractivity (Wildman–Crippen MR) is 67.3 cm³/mol. The summed E-state index contributed by atoms with van der Waals surface area (Å²) in [4.78, 5) is 13.9. The predicted octanol–water partition coefficient (Wildman–Crippen LogP) is 2.97. The Morgan fingerprint density at radius 3 is 3.00 bits per heavy atom. The van der Waals surface area contributed by atoms with Gasteiger partial charge in [-0.2, -0.15) is 0 Å². The van der Waals surface area contributed by atoms with Crippen LogP contribution in [0.25, 0.3) is 0 Å². The first kappa shape index (κ1) is 11.2. The molecule has 0 atom stereocenters. The first-order valence-corrected chi connectivity index (χ1v) is 5.91. The largest absolute Gasteiger partial charge is 0.490 e. The average molecular weight is 264 g/mol. The van der Waals surface area contributed by atoms with Gasteiger partial charge in [-0.3, -0.25) is 9.69 Å². The maximum absolute atomic E-state index is 12.3. The number of hydrogen-bond donors (Lipinski definition) is 0. The molecule has 2 aromatic rings.